The lowest BCUT2D eigenvalue weighted by Crippen LogP contribution is -2.21. The van der Waals surface area contributed by atoms with Crippen molar-refractivity contribution in [3.63, 3.8) is 0 Å². The largest absolute Gasteiger partial charge is 0.457 e. The number of anilines is 2. The summed E-state index contributed by atoms with van der Waals surface area (Å²) in [6.45, 7) is 3.44. The lowest BCUT2D eigenvalue weighted by atomic mass is 10.2. The van der Waals surface area contributed by atoms with Crippen LogP contribution in [0.1, 0.15) is 30.4 Å². The summed E-state index contributed by atoms with van der Waals surface area (Å²) in [5.74, 6) is 0.161. The van der Waals surface area contributed by atoms with E-state index in [1.54, 1.807) is 42.5 Å². The minimum atomic E-state index is -0.549. The molecule has 0 radical (unpaired) electrons. The van der Waals surface area contributed by atoms with Gasteiger partial charge in [0.05, 0.1) is 0 Å². The molecule has 0 atom stereocenters. The number of ether oxygens (including phenoxy) is 2. The van der Waals surface area contributed by atoms with Gasteiger partial charge in [-0.2, -0.15) is 0 Å². The van der Waals surface area contributed by atoms with Crippen LogP contribution in [0.5, 0.6) is 11.5 Å². The van der Waals surface area contributed by atoms with Crippen LogP contribution in [0.15, 0.2) is 66.7 Å². The number of nitrogens with one attached hydrogen (secondary N) is 2. The number of hydrogen-bond acceptors (Lipinski definition) is 5. The van der Waals surface area contributed by atoms with Crippen LogP contribution in [0.25, 0.3) is 0 Å². The highest BCUT2D eigenvalue weighted by molar-refractivity contribution is 6.31. The lowest BCUT2D eigenvalue weighted by molar-refractivity contribution is -0.147. The van der Waals surface area contributed by atoms with Crippen LogP contribution < -0.4 is 15.4 Å². The van der Waals surface area contributed by atoms with Gasteiger partial charge in [0.2, 0.25) is 5.91 Å². The van der Waals surface area contributed by atoms with Crippen LogP contribution in [0.2, 0.25) is 5.02 Å². The summed E-state index contributed by atoms with van der Waals surface area (Å²) in [6.07, 6.45) is 0.472. The maximum Gasteiger partial charge on any atom is 0.306 e. The van der Waals surface area contributed by atoms with Gasteiger partial charge in [0.15, 0.2) is 6.61 Å². The summed E-state index contributed by atoms with van der Waals surface area (Å²) < 4.78 is 10.8. The molecule has 0 heterocycles. The first kappa shape index (κ1) is 25.8. The molecule has 7 nitrogen and oxygen atoms in total. The minimum absolute atomic E-state index is 0.0281. The number of carbonyl (C=O) groups is 3. The van der Waals surface area contributed by atoms with Gasteiger partial charge in [-0.1, -0.05) is 29.8 Å². The van der Waals surface area contributed by atoms with E-state index in [1.807, 2.05) is 38.1 Å². The monoisotopic (exact) mass is 494 g/mol. The van der Waals surface area contributed by atoms with Crippen LogP contribution in [0.4, 0.5) is 11.4 Å². The minimum Gasteiger partial charge on any atom is -0.457 e. The van der Waals surface area contributed by atoms with Crippen LogP contribution in [0.3, 0.4) is 0 Å². The zero-order valence-corrected chi connectivity index (χ0v) is 20.4. The molecule has 0 aliphatic heterocycles. The molecule has 2 N–H and O–H groups in total. The van der Waals surface area contributed by atoms with Gasteiger partial charge in [-0.05, 0) is 79.9 Å². The molecule has 2 amide bonds. The summed E-state index contributed by atoms with van der Waals surface area (Å²) in [6, 6.07) is 19.9. The molecular weight excluding hydrogens is 468 g/mol. The van der Waals surface area contributed by atoms with Crippen molar-refractivity contribution in [2.75, 3.05) is 17.2 Å². The van der Waals surface area contributed by atoms with E-state index in [4.69, 9.17) is 21.1 Å². The highest BCUT2D eigenvalue weighted by atomic mass is 35.5. The maximum atomic E-state index is 12.2. The summed E-state index contributed by atoms with van der Waals surface area (Å²) in [5, 5.41) is 5.93. The number of esters is 1. The van der Waals surface area contributed by atoms with Gasteiger partial charge in [-0.25, -0.2) is 0 Å². The van der Waals surface area contributed by atoms with Crippen molar-refractivity contribution in [2.45, 2.75) is 33.1 Å². The number of rotatable bonds is 10. The van der Waals surface area contributed by atoms with Gasteiger partial charge >= 0.3 is 5.97 Å². The molecule has 182 valence electrons. The molecule has 3 aromatic carbocycles. The third kappa shape index (κ3) is 8.79. The Morgan fingerprint density at radius 1 is 0.800 bits per heavy atom. The Kier molecular flexibility index (Phi) is 9.26. The number of amides is 2. The SMILES string of the molecule is Cc1cccc(Oc2ccc(NC(=O)CCCC(=O)OCC(=O)Nc3ccc(C)c(Cl)c3)cc2)c1. The van der Waals surface area contributed by atoms with Crippen LogP contribution in [0, 0.1) is 13.8 Å². The molecule has 0 unspecified atom stereocenters. The zero-order valence-electron chi connectivity index (χ0n) is 19.6. The molecule has 8 heteroatoms. The fourth-order valence-corrected chi connectivity index (χ4v) is 3.30. The molecule has 0 fully saturated rings. The second kappa shape index (κ2) is 12.6. The van der Waals surface area contributed by atoms with Crippen molar-refractivity contribution in [1.29, 1.82) is 0 Å². The second-order valence-electron chi connectivity index (χ2n) is 8.02. The van der Waals surface area contributed by atoms with E-state index in [9.17, 15) is 14.4 Å². The molecule has 0 bridgehead atoms. The number of benzene rings is 3. The quantitative estimate of drug-likeness (QED) is 0.335. The Hall–Kier alpha value is -3.84. The van der Waals surface area contributed by atoms with E-state index < -0.39 is 18.5 Å². The first-order valence-corrected chi connectivity index (χ1v) is 11.5. The standard InChI is InChI=1S/C27H27ClN2O5/c1-18-5-3-6-23(15-18)35-22-13-11-20(12-14-22)29-25(31)7-4-8-27(33)34-17-26(32)30-21-10-9-19(2)24(28)16-21/h3,5-6,9-16H,4,7-8,17H2,1-2H3,(H,29,31)(H,30,32). The van der Waals surface area contributed by atoms with E-state index in [0.717, 1.165) is 16.9 Å². The van der Waals surface area contributed by atoms with Gasteiger partial charge < -0.3 is 20.1 Å². The fourth-order valence-electron chi connectivity index (χ4n) is 3.12. The molecule has 0 saturated heterocycles. The zero-order chi connectivity index (χ0) is 25.2. The van der Waals surface area contributed by atoms with Gasteiger partial charge in [0, 0.05) is 29.2 Å². The average Bonchev–Trinajstić information content (AvgIpc) is 2.81. The highest BCUT2D eigenvalue weighted by Gasteiger charge is 2.10. The molecule has 0 saturated carbocycles. The van der Waals surface area contributed by atoms with Crippen molar-refractivity contribution < 1.29 is 23.9 Å². The van der Waals surface area contributed by atoms with Gasteiger partial charge in [0.1, 0.15) is 11.5 Å². The summed E-state index contributed by atoms with van der Waals surface area (Å²) in [5.41, 5.74) is 3.14. The molecule has 3 rings (SSSR count). The molecule has 0 aromatic heterocycles. The Bertz CT molecular complexity index is 1190. The van der Waals surface area contributed by atoms with Crippen LogP contribution in [-0.4, -0.2) is 24.4 Å². The van der Waals surface area contributed by atoms with Gasteiger partial charge in [-0.15, -0.1) is 0 Å². The Labute approximate surface area is 209 Å². The normalized spacial score (nSPS) is 10.4. The van der Waals surface area contributed by atoms with Crippen LogP contribution in [-0.2, 0) is 19.1 Å². The predicted octanol–water partition coefficient (Wildman–Crippen LogP) is 6.04. The summed E-state index contributed by atoms with van der Waals surface area (Å²) in [4.78, 5) is 36.0. The third-order valence-corrected chi connectivity index (χ3v) is 5.38. The molecule has 0 aliphatic rings. The summed E-state index contributed by atoms with van der Waals surface area (Å²) >= 11 is 6.03. The van der Waals surface area contributed by atoms with E-state index >= 15 is 0 Å². The molecule has 3 aromatic rings. The van der Waals surface area contributed by atoms with Crippen LogP contribution >= 0.6 is 11.6 Å². The average molecular weight is 495 g/mol. The highest BCUT2D eigenvalue weighted by Crippen LogP contribution is 2.24. The maximum absolute atomic E-state index is 12.2. The predicted molar refractivity (Wildman–Crippen MR) is 136 cm³/mol. The first-order chi connectivity index (χ1) is 16.8. The van der Waals surface area contributed by atoms with Gasteiger partial charge in [-0.3, -0.25) is 14.4 Å². The van der Waals surface area contributed by atoms with E-state index in [1.165, 1.54) is 0 Å². The summed E-state index contributed by atoms with van der Waals surface area (Å²) in [7, 11) is 0. The topological polar surface area (TPSA) is 93.7 Å². The fraction of sp³-hybridized carbons (Fsp3) is 0.222. The second-order valence-corrected chi connectivity index (χ2v) is 8.42. The van der Waals surface area contributed by atoms with E-state index in [0.29, 0.717) is 28.6 Å². The Morgan fingerprint density at radius 3 is 2.23 bits per heavy atom. The number of carbonyl (C=O) groups excluding carboxylic acids is 3. The number of halogens is 1. The van der Waals surface area contributed by atoms with E-state index in [-0.39, 0.29) is 18.7 Å². The van der Waals surface area contributed by atoms with E-state index in [2.05, 4.69) is 10.6 Å². The number of aryl methyl sites for hydroxylation is 2. The van der Waals surface area contributed by atoms with Crippen molar-refractivity contribution in [3.8, 4) is 11.5 Å². The first-order valence-electron chi connectivity index (χ1n) is 11.1. The van der Waals surface area contributed by atoms with Crippen molar-refractivity contribution >= 4 is 40.8 Å². The lowest BCUT2D eigenvalue weighted by Gasteiger charge is -2.09. The van der Waals surface area contributed by atoms with Crippen molar-refractivity contribution in [2.24, 2.45) is 0 Å². The third-order valence-electron chi connectivity index (χ3n) is 4.97. The molecule has 0 aliphatic carbocycles. The van der Waals surface area contributed by atoms with Crippen molar-refractivity contribution in [3.05, 3.63) is 82.9 Å². The molecular formula is C27H27ClN2O5. The Morgan fingerprint density at radius 2 is 1.51 bits per heavy atom. The molecule has 35 heavy (non-hydrogen) atoms. The van der Waals surface area contributed by atoms with Gasteiger partial charge in [0.25, 0.3) is 5.91 Å². The van der Waals surface area contributed by atoms with Crippen molar-refractivity contribution in [1.82, 2.24) is 0 Å². The molecule has 0 spiro atoms. The Balaban J connectivity index is 1.33. The number of hydrogen-bond donors (Lipinski definition) is 2. The smallest absolute Gasteiger partial charge is 0.306 e.